The minimum Gasteiger partial charge on any atom is -0.491 e. The predicted molar refractivity (Wildman–Crippen MR) is 118 cm³/mol. The van der Waals surface area contributed by atoms with Crippen molar-refractivity contribution in [2.24, 2.45) is 0 Å². The van der Waals surface area contributed by atoms with Gasteiger partial charge < -0.3 is 20.7 Å². The molecule has 0 unspecified atom stereocenters. The molecule has 0 atom stereocenters. The number of amides is 2. The van der Waals surface area contributed by atoms with Crippen molar-refractivity contribution in [1.82, 2.24) is 5.32 Å². The maximum Gasteiger partial charge on any atom is 0.251 e. The molecule has 29 heavy (non-hydrogen) atoms. The SMILES string of the molecule is CCCCNC(=O)c1cccc(NC(=O)CNc2ccccc2OCCCC)c1. The van der Waals surface area contributed by atoms with Gasteiger partial charge in [0.05, 0.1) is 18.8 Å². The van der Waals surface area contributed by atoms with E-state index >= 15 is 0 Å². The van der Waals surface area contributed by atoms with E-state index in [1.54, 1.807) is 24.3 Å². The lowest BCUT2D eigenvalue weighted by Gasteiger charge is -2.13. The van der Waals surface area contributed by atoms with E-state index < -0.39 is 0 Å². The van der Waals surface area contributed by atoms with E-state index in [0.29, 0.717) is 24.4 Å². The van der Waals surface area contributed by atoms with Crippen LogP contribution in [0.3, 0.4) is 0 Å². The molecule has 156 valence electrons. The summed E-state index contributed by atoms with van der Waals surface area (Å²) in [5, 5.41) is 8.82. The number of anilines is 2. The molecule has 0 saturated carbocycles. The predicted octanol–water partition coefficient (Wildman–Crippen LogP) is 4.45. The van der Waals surface area contributed by atoms with Crippen LogP contribution in [0.2, 0.25) is 0 Å². The van der Waals surface area contributed by atoms with Crippen LogP contribution < -0.4 is 20.7 Å². The van der Waals surface area contributed by atoms with Crippen molar-refractivity contribution in [3.05, 3.63) is 54.1 Å². The van der Waals surface area contributed by atoms with Crippen molar-refractivity contribution in [2.45, 2.75) is 39.5 Å². The summed E-state index contributed by atoms with van der Waals surface area (Å²) < 4.78 is 5.77. The molecule has 0 aromatic heterocycles. The van der Waals surface area contributed by atoms with E-state index in [-0.39, 0.29) is 18.4 Å². The number of nitrogens with one attached hydrogen (secondary N) is 3. The van der Waals surface area contributed by atoms with Gasteiger partial charge in [0.1, 0.15) is 5.75 Å². The highest BCUT2D eigenvalue weighted by Gasteiger charge is 2.09. The first-order chi connectivity index (χ1) is 14.1. The molecule has 2 aromatic carbocycles. The zero-order valence-electron chi connectivity index (χ0n) is 17.3. The number of hydrogen-bond donors (Lipinski definition) is 3. The number of carbonyl (C=O) groups excluding carboxylic acids is 2. The summed E-state index contributed by atoms with van der Waals surface area (Å²) in [6.45, 7) is 5.58. The molecule has 0 aliphatic heterocycles. The molecule has 0 bridgehead atoms. The summed E-state index contributed by atoms with van der Waals surface area (Å²) in [4.78, 5) is 24.5. The third kappa shape index (κ3) is 7.86. The van der Waals surface area contributed by atoms with Crippen LogP contribution in [0.5, 0.6) is 5.75 Å². The van der Waals surface area contributed by atoms with Gasteiger partial charge in [0.2, 0.25) is 5.91 Å². The van der Waals surface area contributed by atoms with Crippen molar-refractivity contribution in [2.75, 3.05) is 30.3 Å². The lowest BCUT2D eigenvalue weighted by Crippen LogP contribution is -2.25. The number of para-hydroxylation sites is 2. The van der Waals surface area contributed by atoms with E-state index in [1.807, 2.05) is 24.3 Å². The summed E-state index contributed by atoms with van der Waals surface area (Å²) in [6.07, 6.45) is 4.01. The van der Waals surface area contributed by atoms with E-state index in [4.69, 9.17) is 4.74 Å². The maximum absolute atomic E-state index is 12.3. The Morgan fingerprint density at radius 3 is 2.55 bits per heavy atom. The Kier molecular flexibility index (Phi) is 9.55. The average molecular weight is 398 g/mol. The highest BCUT2D eigenvalue weighted by atomic mass is 16.5. The van der Waals surface area contributed by atoms with Crippen LogP contribution in [0.25, 0.3) is 0 Å². The summed E-state index contributed by atoms with van der Waals surface area (Å²) in [5.74, 6) is 0.405. The second kappa shape index (κ2) is 12.4. The van der Waals surface area contributed by atoms with Crippen LogP contribution in [-0.4, -0.2) is 31.5 Å². The van der Waals surface area contributed by atoms with Gasteiger partial charge in [0.25, 0.3) is 5.91 Å². The summed E-state index contributed by atoms with van der Waals surface area (Å²) >= 11 is 0. The molecule has 6 heteroatoms. The fourth-order valence-corrected chi connectivity index (χ4v) is 2.66. The molecule has 0 spiro atoms. The molecule has 0 heterocycles. The third-order valence-electron chi connectivity index (χ3n) is 4.31. The number of ether oxygens (including phenoxy) is 1. The summed E-state index contributed by atoms with van der Waals surface area (Å²) in [6, 6.07) is 14.5. The lowest BCUT2D eigenvalue weighted by molar-refractivity contribution is -0.114. The number of rotatable bonds is 12. The molecular formula is C23H31N3O3. The molecule has 0 aliphatic carbocycles. The minimum atomic E-state index is -0.197. The normalized spacial score (nSPS) is 10.3. The maximum atomic E-state index is 12.3. The topological polar surface area (TPSA) is 79.5 Å². The standard InChI is InChI=1S/C23H31N3O3/c1-3-5-14-24-23(28)18-10-9-11-19(16-18)26-22(27)17-25-20-12-7-8-13-21(20)29-15-6-4-2/h7-13,16,25H,3-6,14-15,17H2,1-2H3,(H,24,28)(H,26,27). The Morgan fingerprint density at radius 1 is 0.966 bits per heavy atom. The Labute approximate surface area is 173 Å². The molecule has 0 radical (unpaired) electrons. The van der Waals surface area contributed by atoms with Crippen LogP contribution in [0.1, 0.15) is 49.9 Å². The molecular weight excluding hydrogens is 366 g/mol. The average Bonchev–Trinajstić information content (AvgIpc) is 2.73. The fraction of sp³-hybridized carbons (Fsp3) is 0.391. The van der Waals surface area contributed by atoms with E-state index in [1.165, 1.54) is 0 Å². The summed E-state index contributed by atoms with van der Waals surface area (Å²) in [7, 11) is 0. The Balaban J connectivity index is 1.88. The zero-order valence-corrected chi connectivity index (χ0v) is 17.3. The zero-order chi connectivity index (χ0) is 20.9. The van der Waals surface area contributed by atoms with Crippen LogP contribution in [0.15, 0.2) is 48.5 Å². The largest absolute Gasteiger partial charge is 0.491 e. The van der Waals surface area contributed by atoms with Gasteiger partial charge in [-0.15, -0.1) is 0 Å². The minimum absolute atomic E-state index is 0.0983. The van der Waals surface area contributed by atoms with Crippen molar-refractivity contribution in [3.8, 4) is 5.75 Å². The number of carbonyl (C=O) groups is 2. The molecule has 2 aromatic rings. The molecule has 0 aliphatic rings. The molecule has 6 nitrogen and oxygen atoms in total. The molecule has 3 N–H and O–H groups in total. The first-order valence-electron chi connectivity index (χ1n) is 10.3. The van der Waals surface area contributed by atoms with Crippen molar-refractivity contribution < 1.29 is 14.3 Å². The Bertz CT molecular complexity index is 792. The monoisotopic (exact) mass is 397 g/mol. The number of hydrogen-bond acceptors (Lipinski definition) is 4. The smallest absolute Gasteiger partial charge is 0.251 e. The second-order valence-corrected chi connectivity index (χ2v) is 6.79. The third-order valence-corrected chi connectivity index (χ3v) is 4.31. The van der Waals surface area contributed by atoms with Crippen molar-refractivity contribution in [3.63, 3.8) is 0 Å². The Hall–Kier alpha value is -3.02. The van der Waals surface area contributed by atoms with Gasteiger partial charge in [0, 0.05) is 17.8 Å². The molecule has 0 fully saturated rings. The summed E-state index contributed by atoms with van der Waals surface area (Å²) in [5.41, 5.74) is 1.90. The quantitative estimate of drug-likeness (QED) is 0.463. The van der Waals surface area contributed by atoms with Gasteiger partial charge in [-0.2, -0.15) is 0 Å². The van der Waals surface area contributed by atoms with Gasteiger partial charge in [-0.25, -0.2) is 0 Å². The number of unbranched alkanes of at least 4 members (excludes halogenated alkanes) is 2. The van der Waals surface area contributed by atoms with E-state index in [9.17, 15) is 9.59 Å². The lowest BCUT2D eigenvalue weighted by atomic mass is 10.2. The van der Waals surface area contributed by atoms with Crippen LogP contribution in [0.4, 0.5) is 11.4 Å². The van der Waals surface area contributed by atoms with Crippen molar-refractivity contribution in [1.29, 1.82) is 0 Å². The van der Waals surface area contributed by atoms with Gasteiger partial charge in [-0.3, -0.25) is 9.59 Å². The highest BCUT2D eigenvalue weighted by Crippen LogP contribution is 2.23. The Morgan fingerprint density at radius 2 is 1.76 bits per heavy atom. The molecule has 2 amide bonds. The van der Waals surface area contributed by atoms with Gasteiger partial charge in [-0.1, -0.05) is 44.9 Å². The van der Waals surface area contributed by atoms with Crippen molar-refractivity contribution >= 4 is 23.2 Å². The number of benzene rings is 2. The van der Waals surface area contributed by atoms with Crippen LogP contribution in [-0.2, 0) is 4.79 Å². The first kappa shape index (κ1) is 22.3. The van der Waals surface area contributed by atoms with Crippen LogP contribution >= 0.6 is 0 Å². The van der Waals surface area contributed by atoms with E-state index in [0.717, 1.165) is 37.1 Å². The van der Waals surface area contributed by atoms with Crippen LogP contribution in [0, 0.1) is 0 Å². The van der Waals surface area contributed by atoms with Gasteiger partial charge in [0.15, 0.2) is 0 Å². The molecule has 0 saturated heterocycles. The van der Waals surface area contributed by atoms with E-state index in [2.05, 4.69) is 29.8 Å². The first-order valence-corrected chi connectivity index (χ1v) is 10.3. The highest BCUT2D eigenvalue weighted by molar-refractivity contribution is 5.98. The molecule has 2 rings (SSSR count). The second-order valence-electron chi connectivity index (χ2n) is 6.79. The fourth-order valence-electron chi connectivity index (χ4n) is 2.66. The van der Waals surface area contributed by atoms with Gasteiger partial charge >= 0.3 is 0 Å². The van der Waals surface area contributed by atoms with Gasteiger partial charge in [-0.05, 0) is 43.2 Å².